The lowest BCUT2D eigenvalue weighted by atomic mass is 10.4. The Morgan fingerprint density at radius 2 is 2.00 bits per heavy atom. The Kier molecular flexibility index (Phi) is 4.69. The Hall–Kier alpha value is -2.22. The van der Waals surface area contributed by atoms with E-state index >= 15 is 0 Å². The first-order valence-corrected chi connectivity index (χ1v) is 8.00. The number of hydrogen-bond donors (Lipinski definition) is 1. The summed E-state index contributed by atoms with van der Waals surface area (Å²) < 4.78 is 24.2. The second-order valence-corrected chi connectivity index (χ2v) is 6.67. The lowest BCUT2D eigenvalue weighted by Crippen LogP contribution is -2.28. The number of aromatic amines is 1. The molecule has 8 heteroatoms. The molecule has 1 N–H and O–H groups in total. The van der Waals surface area contributed by atoms with Gasteiger partial charge in [-0.1, -0.05) is 18.2 Å². The molecule has 2 aromatic rings. The molecule has 0 spiro atoms. The van der Waals surface area contributed by atoms with Crippen molar-refractivity contribution in [2.24, 2.45) is 0 Å². The second kappa shape index (κ2) is 6.49. The van der Waals surface area contributed by atoms with Gasteiger partial charge in [0, 0.05) is 13.5 Å². The monoisotopic (exact) mass is 308 g/mol. The summed E-state index contributed by atoms with van der Waals surface area (Å²) >= 11 is 0. The summed E-state index contributed by atoms with van der Waals surface area (Å²) in [6.07, 6.45) is 1.29. The molecule has 0 aliphatic heterocycles. The van der Waals surface area contributed by atoms with Gasteiger partial charge in [0.25, 0.3) is 0 Å². The quantitative estimate of drug-likeness (QED) is 0.844. The maximum absolute atomic E-state index is 12.1. The minimum absolute atomic E-state index is 0.0676. The largest absolute Gasteiger partial charge is 0.338 e. The number of aromatic nitrogens is 3. The van der Waals surface area contributed by atoms with Crippen LogP contribution in [0.25, 0.3) is 0 Å². The van der Waals surface area contributed by atoms with Crippen LogP contribution < -0.4 is 0 Å². The molecule has 1 aromatic heterocycles. The highest BCUT2D eigenvalue weighted by Gasteiger charge is 2.18. The normalized spacial score (nSPS) is 11.3. The summed E-state index contributed by atoms with van der Waals surface area (Å²) in [5, 5.41) is 6.34. The van der Waals surface area contributed by atoms with Crippen LogP contribution in [-0.2, 0) is 21.2 Å². The van der Waals surface area contributed by atoms with Crippen molar-refractivity contribution in [3.63, 3.8) is 0 Å². The Labute approximate surface area is 122 Å². The van der Waals surface area contributed by atoms with Crippen molar-refractivity contribution in [3.8, 4) is 0 Å². The van der Waals surface area contributed by atoms with Crippen molar-refractivity contribution in [1.82, 2.24) is 20.1 Å². The zero-order valence-electron chi connectivity index (χ0n) is 11.6. The number of nitrogens with zero attached hydrogens (tertiary/aromatic N) is 3. The fourth-order valence-corrected chi connectivity index (χ4v) is 3.03. The molecule has 0 saturated heterocycles. The topological polar surface area (TPSA) is 96.0 Å². The van der Waals surface area contributed by atoms with Gasteiger partial charge < -0.3 is 4.90 Å². The van der Waals surface area contributed by atoms with E-state index in [2.05, 4.69) is 15.2 Å². The Morgan fingerprint density at radius 1 is 1.29 bits per heavy atom. The minimum Gasteiger partial charge on any atom is -0.338 e. The molecule has 1 amide bonds. The second-order valence-electron chi connectivity index (χ2n) is 4.56. The van der Waals surface area contributed by atoms with Crippen LogP contribution in [0.5, 0.6) is 0 Å². The molecule has 2 rings (SSSR count). The summed E-state index contributed by atoms with van der Waals surface area (Å²) in [5.41, 5.74) is 0. The van der Waals surface area contributed by atoms with Gasteiger partial charge in [0.05, 0.1) is 17.2 Å². The number of carbonyl (C=O) groups excluding carboxylic acids is 1. The number of nitrogens with one attached hydrogen (secondary N) is 1. The number of sulfone groups is 1. The van der Waals surface area contributed by atoms with Crippen LogP contribution in [0.15, 0.2) is 41.6 Å². The van der Waals surface area contributed by atoms with Crippen LogP contribution in [0.2, 0.25) is 0 Å². The molecule has 1 aromatic carbocycles. The summed E-state index contributed by atoms with van der Waals surface area (Å²) in [6.45, 7) is 0.268. The highest BCUT2D eigenvalue weighted by Crippen LogP contribution is 2.11. The number of H-pyrrole nitrogens is 1. The molecule has 21 heavy (non-hydrogen) atoms. The Balaban J connectivity index is 1.91. The van der Waals surface area contributed by atoms with E-state index in [9.17, 15) is 13.2 Å². The van der Waals surface area contributed by atoms with Crippen molar-refractivity contribution < 1.29 is 13.2 Å². The molecule has 0 fully saturated rings. The molecular weight excluding hydrogens is 292 g/mol. The number of benzene rings is 1. The maximum atomic E-state index is 12.1. The molecule has 112 valence electrons. The fourth-order valence-electron chi connectivity index (χ4n) is 1.78. The van der Waals surface area contributed by atoms with E-state index < -0.39 is 9.84 Å². The number of amides is 1. The molecule has 0 aliphatic rings. The van der Waals surface area contributed by atoms with Gasteiger partial charge >= 0.3 is 0 Å². The van der Waals surface area contributed by atoms with Gasteiger partial charge in [0.1, 0.15) is 12.2 Å². The molecule has 0 saturated carbocycles. The SMILES string of the molecule is CN(Cc1ncn[nH]1)C(=O)CCS(=O)(=O)c1ccccc1. The lowest BCUT2D eigenvalue weighted by Gasteiger charge is -2.15. The maximum Gasteiger partial charge on any atom is 0.223 e. The molecule has 0 atom stereocenters. The van der Waals surface area contributed by atoms with E-state index in [1.54, 1.807) is 25.2 Å². The van der Waals surface area contributed by atoms with E-state index in [1.165, 1.54) is 23.4 Å². The molecule has 0 unspecified atom stereocenters. The minimum atomic E-state index is -3.43. The van der Waals surface area contributed by atoms with Crippen LogP contribution in [0.4, 0.5) is 0 Å². The molecule has 0 aliphatic carbocycles. The van der Waals surface area contributed by atoms with Crippen molar-refractivity contribution in [2.75, 3.05) is 12.8 Å². The smallest absolute Gasteiger partial charge is 0.223 e. The van der Waals surface area contributed by atoms with Gasteiger partial charge in [-0.3, -0.25) is 9.89 Å². The average Bonchev–Trinajstić information content (AvgIpc) is 2.98. The van der Waals surface area contributed by atoms with Gasteiger partial charge in [-0.2, -0.15) is 5.10 Å². The standard InChI is InChI=1S/C13H16N4O3S/c1-17(9-12-14-10-15-16-12)13(18)7-8-21(19,20)11-5-3-2-4-6-11/h2-6,10H,7-9H2,1H3,(H,14,15,16). The van der Waals surface area contributed by atoms with Crippen LogP contribution >= 0.6 is 0 Å². The van der Waals surface area contributed by atoms with E-state index in [0.717, 1.165) is 0 Å². The first-order chi connectivity index (χ1) is 9.99. The van der Waals surface area contributed by atoms with Gasteiger partial charge in [-0.25, -0.2) is 13.4 Å². The lowest BCUT2D eigenvalue weighted by molar-refractivity contribution is -0.130. The summed E-state index contributed by atoms with van der Waals surface area (Å²) in [4.78, 5) is 17.5. The van der Waals surface area contributed by atoms with Crippen molar-refractivity contribution >= 4 is 15.7 Å². The number of hydrogen-bond acceptors (Lipinski definition) is 5. The highest BCUT2D eigenvalue weighted by molar-refractivity contribution is 7.91. The van der Waals surface area contributed by atoms with Gasteiger partial charge in [0.15, 0.2) is 9.84 Å². The van der Waals surface area contributed by atoms with Gasteiger partial charge in [-0.15, -0.1) is 0 Å². The zero-order chi connectivity index (χ0) is 15.3. The van der Waals surface area contributed by atoms with E-state index in [0.29, 0.717) is 5.82 Å². The molecular formula is C13H16N4O3S. The van der Waals surface area contributed by atoms with Crippen LogP contribution in [0.3, 0.4) is 0 Å². The Bertz CT molecular complexity index is 683. The molecule has 0 radical (unpaired) electrons. The third-order valence-corrected chi connectivity index (χ3v) is 4.70. The first-order valence-electron chi connectivity index (χ1n) is 6.35. The van der Waals surface area contributed by atoms with Crippen LogP contribution in [0.1, 0.15) is 12.2 Å². The number of carbonyl (C=O) groups is 1. The Morgan fingerprint density at radius 3 is 2.62 bits per heavy atom. The zero-order valence-corrected chi connectivity index (χ0v) is 12.4. The molecule has 0 bridgehead atoms. The van der Waals surface area contributed by atoms with Crippen molar-refractivity contribution in [3.05, 3.63) is 42.5 Å². The molecule has 1 heterocycles. The summed E-state index contributed by atoms with van der Waals surface area (Å²) in [5.74, 6) is 0.0824. The van der Waals surface area contributed by atoms with Crippen molar-refractivity contribution in [1.29, 1.82) is 0 Å². The van der Waals surface area contributed by atoms with Gasteiger partial charge in [-0.05, 0) is 12.1 Å². The average molecular weight is 308 g/mol. The number of rotatable bonds is 6. The van der Waals surface area contributed by atoms with Gasteiger partial charge in [0.2, 0.25) is 5.91 Å². The summed E-state index contributed by atoms with van der Waals surface area (Å²) in [7, 11) is -1.84. The van der Waals surface area contributed by atoms with E-state index in [-0.39, 0.29) is 29.5 Å². The predicted molar refractivity (Wildman–Crippen MR) is 76.0 cm³/mol. The van der Waals surface area contributed by atoms with Crippen molar-refractivity contribution in [2.45, 2.75) is 17.9 Å². The van der Waals surface area contributed by atoms with Crippen LogP contribution in [-0.4, -0.2) is 47.2 Å². The summed E-state index contributed by atoms with van der Waals surface area (Å²) in [6, 6.07) is 8.11. The van der Waals surface area contributed by atoms with Crippen LogP contribution in [0, 0.1) is 0 Å². The third kappa shape index (κ3) is 4.12. The highest BCUT2D eigenvalue weighted by atomic mass is 32.2. The van der Waals surface area contributed by atoms with E-state index in [4.69, 9.17) is 0 Å². The third-order valence-electron chi connectivity index (χ3n) is 2.96. The first kappa shape index (κ1) is 15.2. The fraction of sp³-hybridized carbons (Fsp3) is 0.308. The van der Waals surface area contributed by atoms with E-state index in [1.807, 2.05) is 0 Å². The predicted octanol–water partition coefficient (Wildman–Crippen LogP) is 0.627. The molecule has 7 nitrogen and oxygen atoms in total.